The molecular weight excluding hydrogens is 330 g/mol. The number of rotatable bonds is 6. The van der Waals surface area contributed by atoms with E-state index >= 15 is 0 Å². The second-order valence-corrected chi connectivity index (χ2v) is 7.18. The van der Waals surface area contributed by atoms with Crippen molar-refractivity contribution in [3.05, 3.63) is 35.4 Å². The number of nitrogens with one attached hydrogen (secondary N) is 1. The molecule has 1 unspecified atom stereocenters. The van der Waals surface area contributed by atoms with Crippen molar-refractivity contribution in [2.45, 2.75) is 51.5 Å². The Balaban J connectivity index is 1.72. The number of hydrogen-bond donors (Lipinski definition) is 1. The van der Waals surface area contributed by atoms with Gasteiger partial charge in [0.2, 0.25) is 5.91 Å². The van der Waals surface area contributed by atoms with Gasteiger partial charge in [0.05, 0.1) is 0 Å². The average molecular weight is 357 g/mol. The zero-order valence-corrected chi connectivity index (χ0v) is 15.6. The first-order valence-electron chi connectivity index (χ1n) is 9.49. The van der Waals surface area contributed by atoms with Crippen molar-refractivity contribution in [3.8, 4) is 0 Å². The van der Waals surface area contributed by atoms with Gasteiger partial charge >= 0.3 is 6.03 Å². The molecule has 1 atom stereocenters. The van der Waals surface area contributed by atoms with Crippen LogP contribution in [0.4, 0.5) is 4.79 Å². The van der Waals surface area contributed by atoms with Gasteiger partial charge < -0.3 is 10.2 Å². The molecule has 0 saturated carbocycles. The lowest BCUT2D eigenvalue weighted by Gasteiger charge is -2.32. The summed E-state index contributed by atoms with van der Waals surface area (Å²) >= 11 is 0. The number of imide groups is 1. The fraction of sp³-hybridized carbons (Fsp3) is 0.550. The van der Waals surface area contributed by atoms with Crippen molar-refractivity contribution < 1.29 is 14.4 Å². The van der Waals surface area contributed by atoms with E-state index in [1.807, 2.05) is 25.1 Å². The molecule has 1 aliphatic carbocycles. The summed E-state index contributed by atoms with van der Waals surface area (Å²) in [4.78, 5) is 40.9. The smallest absolute Gasteiger partial charge is 0.325 e. The Morgan fingerprint density at radius 1 is 1.23 bits per heavy atom. The number of likely N-dealkylation sites (N-methyl/N-ethyl adjacent to an activating group) is 1. The van der Waals surface area contributed by atoms with Crippen LogP contribution in [0.2, 0.25) is 0 Å². The van der Waals surface area contributed by atoms with E-state index in [0.29, 0.717) is 25.9 Å². The first-order chi connectivity index (χ1) is 12.5. The third kappa shape index (κ3) is 3.32. The second-order valence-electron chi connectivity index (χ2n) is 7.18. The lowest BCUT2D eigenvalue weighted by atomic mass is 9.78. The van der Waals surface area contributed by atoms with Crippen LogP contribution in [-0.2, 0) is 22.4 Å². The molecule has 1 aliphatic heterocycles. The minimum atomic E-state index is -0.897. The average Bonchev–Trinajstić information content (AvgIpc) is 2.86. The first kappa shape index (κ1) is 18.4. The SMILES string of the molecule is CCCCN(CC)C(=O)CN1C(=O)NC2(CCc3ccccc3C2)C1=O. The molecule has 4 amide bonds. The van der Waals surface area contributed by atoms with Crippen molar-refractivity contribution in [3.63, 3.8) is 0 Å². The van der Waals surface area contributed by atoms with Gasteiger partial charge in [0.15, 0.2) is 0 Å². The molecule has 0 aromatic heterocycles. The predicted octanol–water partition coefficient (Wildman–Crippen LogP) is 2.11. The maximum Gasteiger partial charge on any atom is 0.325 e. The van der Waals surface area contributed by atoms with Gasteiger partial charge in [0.1, 0.15) is 12.1 Å². The topological polar surface area (TPSA) is 69.7 Å². The maximum absolute atomic E-state index is 13.0. The molecular formula is C20H27N3O3. The van der Waals surface area contributed by atoms with E-state index in [1.54, 1.807) is 4.90 Å². The van der Waals surface area contributed by atoms with Crippen LogP contribution in [0.25, 0.3) is 0 Å². The van der Waals surface area contributed by atoms with Gasteiger partial charge in [-0.25, -0.2) is 4.79 Å². The Labute approximate surface area is 154 Å². The van der Waals surface area contributed by atoms with Gasteiger partial charge in [-0.3, -0.25) is 14.5 Å². The van der Waals surface area contributed by atoms with Crippen LogP contribution in [0.1, 0.15) is 44.2 Å². The molecule has 140 valence electrons. The number of carbonyl (C=O) groups excluding carboxylic acids is 3. The molecule has 1 aromatic carbocycles. The minimum Gasteiger partial charge on any atom is -0.341 e. The second kappa shape index (κ2) is 7.48. The van der Waals surface area contributed by atoms with Gasteiger partial charge in [-0.15, -0.1) is 0 Å². The van der Waals surface area contributed by atoms with Gasteiger partial charge in [-0.05, 0) is 37.3 Å². The van der Waals surface area contributed by atoms with Crippen LogP contribution in [0.5, 0.6) is 0 Å². The van der Waals surface area contributed by atoms with Crippen LogP contribution in [0.15, 0.2) is 24.3 Å². The fourth-order valence-corrected chi connectivity index (χ4v) is 3.89. The molecule has 1 aromatic rings. The van der Waals surface area contributed by atoms with Crippen molar-refractivity contribution in [2.24, 2.45) is 0 Å². The zero-order valence-electron chi connectivity index (χ0n) is 15.6. The van der Waals surface area contributed by atoms with Gasteiger partial charge in [-0.2, -0.15) is 0 Å². The summed E-state index contributed by atoms with van der Waals surface area (Å²) in [5, 5.41) is 2.88. The number of fused-ring (bicyclic) bond motifs is 1. The number of unbranched alkanes of at least 4 members (excludes halogenated alkanes) is 1. The molecule has 6 heteroatoms. The summed E-state index contributed by atoms with van der Waals surface area (Å²) in [7, 11) is 0. The van der Waals surface area contributed by atoms with Crippen LogP contribution >= 0.6 is 0 Å². The summed E-state index contributed by atoms with van der Waals surface area (Å²) in [5.41, 5.74) is 1.43. The standard InChI is InChI=1S/C20H27N3O3/c1-3-5-12-22(4-2)17(24)14-23-18(25)20(21-19(23)26)11-10-15-8-6-7-9-16(15)13-20/h6-9H,3-5,10-14H2,1-2H3,(H,21,26). The Morgan fingerprint density at radius 2 is 1.96 bits per heavy atom. The van der Waals surface area contributed by atoms with Crippen LogP contribution in [0, 0.1) is 0 Å². The fourth-order valence-electron chi connectivity index (χ4n) is 3.89. The number of amides is 4. The molecule has 1 heterocycles. The van der Waals surface area contributed by atoms with Crippen LogP contribution in [-0.4, -0.2) is 52.8 Å². The summed E-state index contributed by atoms with van der Waals surface area (Å²) in [6.45, 7) is 5.06. The highest BCUT2D eigenvalue weighted by Crippen LogP contribution is 2.33. The third-order valence-electron chi connectivity index (χ3n) is 5.49. The van der Waals surface area contributed by atoms with Crippen LogP contribution in [0.3, 0.4) is 0 Å². The number of hydrogen-bond acceptors (Lipinski definition) is 3. The molecule has 0 bridgehead atoms. The molecule has 1 spiro atoms. The molecule has 0 radical (unpaired) electrons. The molecule has 2 aliphatic rings. The number of aryl methyl sites for hydroxylation is 1. The highest BCUT2D eigenvalue weighted by molar-refractivity contribution is 6.09. The van der Waals surface area contributed by atoms with E-state index in [1.165, 1.54) is 5.56 Å². The largest absolute Gasteiger partial charge is 0.341 e. The van der Waals surface area contributed by atoms with E-state index in [2.05, 4.69) is 18.3 Å². The molecule has 26 heavy (non-hydrogen) atoms. The molecule has 1 fully saturated rings. The number of urea groups is 1. The summed E-state index contributed by atoms with van der Waals surface area (Å²) in [5.74, 6) is -0.436. The molecule has 6 nitrogen and oxygen atoms in total. The maximum atomic E-state index is 13.0. The van der Waals surface area contributed by atoms with E-state index in [9.17, 15) is 14.4 Å². The van der Waals surface area contributed by atoms with E-state index in [-0.39, 0.29) is 18.4 Å². The van der Waals surface area contributed by atoms with Crippen molar-refractivity contribution in [1.29, 1.82) is 0 Å². The van der Waals surface area contributed by atoms with Crippen molar-refractivity contribution in [1.82, 2.24) is 15.1 Å². The van der Waals surface area contributed by atoms with E-state index < -0.39 is 11.6 Å². The Morgan fingerprint density at radius 3 is 2.65 bits per heavy atom. The lowest BCUT2D eigenvalue weighted by Crippen LogP contribution is -2.51. The number of nitrogens with zero attached hydrogens (tertiary/aromatic N) is 2. The van der Waals surface area contributed by atoms with E-state index in [4.69, 9.17) is 0 Å². The molecule has 3 rings (SSSR count). The zero-order chi connectivity index (χ0) is 18.7. The van der Waals surface area contributed by atoms with Gasteiger partial charge in [0.25, 0.3) is 5.91 Å². The number of benzene rings is 1. The quantitative estimate of drug-likeness (QED) is 0.793. The van der Waals surface area contributed by atoms with Crippen LogP contribution < -0.4 is 5.32 Å². The summed E-state index contributed by atoms with van der Waals surface area (Å²) in [6.07, 6.45) is 3.73. The molecule has 1 N–H and O–H groups in total. The normalized spacial score (nSPS) is 21.7. The molecule has 1 saturated heterocycles. The lowest BCUT2D eigenvalue weighted by molar-refractivity contribution is -0.139. The van der Waals surface area contributed by atoms with E-state index in [0.717, 1.165) is 29.7 Å². The highest BCUT2D eigenvalue weighted by Gasteiger charge is 2.52. The minimum absolute atomic E-state index is 0.169. The monoisotopic (exact) mass is 357 g/mol. The van der Waals surface area contributed by atoms with Gasteiger partial charge in [-0.1, -0.05) is 37.6 Å². The summed E-state index contributed by atoms with van der Waals surface area (Å²) in [6, 6.07) is 7.57. The predicted molar refractivity (Wildman–Crippen MR) is 98.6 cm³/mol. The summed E-state index contributed by atoms with van der Waals surface area (Å²) < 4.78 is 0. The highest BCUT2D eigenvalue weighted by atomic mass is 16.2. The third-order valence-corrected chi connectivity index (χ3v) is 5.49. The number of carbonyl (C=O) groups is 3. The van der Waals surface area contributed by atoms with Crippen molar-refractivity contribution >= 4 is 17.8 Å². The Kier molecular flexibility index (Phi) is 5.30. The Bertz CT molecular complexity index is 718. The van der Waals surface area contributed by atoms with Gasteiger partial charge in [0, 0.05) is 19.5 Å². The van der Waals surface area contributed by atoms with Crippen molar-refractivity contribution in [2.75, 3.05) is 19.6 Å². The first-order valence-corrected chi connectivity index (χ1v) is 9.49. The Hall–Kier alpha value is -2.37.